The predicted molar refractivity (Wildman–Crippen MR) is 114 cm³/mol. The Morgan fingerprint density at radius 1 is 1.28 bits per heavy atom. The molecule has 29 heavy (non-hydrogen) atoms. The van der Waals surface area contributed by atoms with Crippen LogP contribution in [0.15, 0.2) is 11.6 Å². The fourth-order valence-corrected chi connectivity index (χ4v) is 3.50. The molecule has 7 heteroatoms. The van der Waals surface area contributed by atoms with Gasteiger partial charge >= 0.3 is 5.97 Å². The van der Waals surface area contributed by atoms with E-state index in [1.165, 1.54) is 4.90 Å². The second kappa shape index (κ2) is 10.8. The number of carbonyl (C=O) groups excluding carboxylic acids is 3. The summed E-state index contributed by atoms with van der Waals surface area (Å²) in [7, 11) is 3.64. The molecule has 3 unspecified atom stereocenters. The second-order valence-corrected chi connectivity index (χ2v) is 9.27. The Balaban J connectivity index is 2.84. The van der Waals surface area contributed by atoms with Crippen molar-refractivity contribution in [3.05, 3.63) is 11.6 Å². The van der Waals surface area contributed by atoms with Gasteiger partial charge in [0.05, 0.1) is 12.6 Å². The number of esters is 1. The van der Waals surface area contributed by atoms with Gasteiger partial charge in [-0.1, -0.05) is 33.8 Å². The SMILES string of the molecule is CCOC(=O)/C(C)=C/CN(C)C(=O)C(NC(=O)C1CCC(C)CN1C)C(C)(C)C. The Morgan fingerprint density at radius 3 is 2.41 bits per heavy atom. The number of hydrogen-bond donors (Lipinski definition) is 1. The number of hydrogen-bond acceptors (Lipinski definition) is 5. The lowest BCUT2D eigenvalue weighted by atomic mass is 9.85. The van der Waals surface area contributed by atoms with Crippen LogP contribution in [0.1, 0.15) is 54.4 Å². The molecule has 0 aliphatic carbocycles. The minimum absolute atomic E-state index is 0.0979. The molecule has 3 atom stereocenters. The Morgan fingerprint density at radius 2 is 1.90 bits per heavy atom. The number of likely N-dealkylation sites (tertiary alicyclic amines) is 1. The Bertz CT molecular complexity index is 624. The number of amides is 2. The molecular formula is C22H39N3O4. The van der Waals surface area contributed by atoms with Crippen molar-refractivity contribution >= 4 is 17.8 Å². The molecule has 0 aromatic carbocycles. The fourth-order valence-electron chi connectivity index (χ4n) is 3.50. The van der Waals surface area contributed by atoms with Gasteiger partial charge in [0.25, 0.3) is 0 Å². The number of likely N-dealkylation sites (N-methyl/N-ethyl adjacent to an activating group) is 2. The minimum atomic E-state index is -0.649. The Labute approximate surface area is 175 Å². The maximum atomic E-state index is 13.1. The number of nitrogens with one attached hydrogen (secondary N) is 1. The van der Waals surface area contributed by atoms with Gasteiger partial charge < -0.3 is 15.0 Å². The van der Waals surface area contributed by atoms with Crippen molar-refractivity contribution in [1.29, 1.82) is 0 Å². The first-order valence-corrected chi connectivity index (χ1v) is 10.5. The van der Waals surface area contributed by atoms with Crippen molar-refractivity contribution in [2.75, 3.05) is 33.8 Å². The van der Waals surface area contributed by atoms with Crippen LogP contribution in [0.25, 0.3) is 0 Å². The first-order valence-electron chi connectivity index (χ1n) is 10.5. The highest BCUT2D eigenvalue weighted by Crippen LogP contribution is 2.24. The molecule has 0 aromatic heterocycles. The van der Waals surface area contributed by atoms with Crippen LogP contribution in [0, 0.1) is 11.3 Å². The molecule has 0 bridgehead atoms. The highest BCUT2D eigenvalue weighted by Gasteiger charge is 2.37. The largest absolute Gasteiger partial charge is 0.463 e. The summed E-state index contributed by atoms with van der Waals surface area (Å²) in [6.45, 7) is 12.9. The molecule has 1 fully saturated rings. The lowest BCUT2D eigenvalue weighted by Crippen LogP contribution is -2.58. The van der Waals surface area contributed by atoms with Gasteiger partial charge in [0.2, 0.25) is 11.8 Å². The molecule has 1 heterocycles. The molecule has 0 saturated carbocycles. The van der Waals surface area contributed by atoms with E-state index in [1.807, 2.05) is 27.8 Å². The molecule has 1 saturated heterocycles. The van der Waals surface area contributed by atoms with Gasteiger partial charge in [-0.15, -0.1) is 0 Å². The van der Waals surface area contributed by atoms with Crippen LogP contribution in [-0.4, -0.2) is 73.5 Å². The number of carbonyl (C=O) groups is 3. The summed E-state index contributed by atoms with van der Waals surface area (Å²) in [5, 5.41) is 3.00. The molecule has 2 amide bonds. The molecule has 0 aromatic rings. The van der Waals surface area contributed by atoms with E-state index < -0.39 is 11.5 Å². The summed E-state index contributed by atoms with van der Waals surface area (Å²) in [5.41, 5.74) is 0.0160. The van der Waals surface area contributed by atoms with Crippen LogP contribution in [0.3, 0.4) is 0 Å². The highest BCUT2D eigenvalue weighted by atomic mass is 16.5. The number of ether oxygens (including phenoxy) is 1. The van der Waals surface area contributed by atoms with Gasteiger partial charge in [0, 0.05) is 25.7 Å². The van der Waals surface area contributed by atoms with Gasteiger partial charge in [0.1, 0.15) is 6.04 Å². The summed E-state index contributed by atoms with van der Waals surface area (Å²) in [6, 6.07) is -0.857. The zero-order chi connectivity index (χ0) is 22.4. The van der Waals surface area contributed by atoms with Crippen LogP contribution in [0.2, 0.25) is 0 Å². The van der Waals surface area contributed by atoms with E-state index in [0.717, 1.165) is 19.4 Å². The lowest BCUT2D eigenvalue weighted by molar-refractivity contribution is -0.140. The summed E-state index contributed by atoms with van der Waals surface area (Å²) in [4.78, 5) is 41.4. The van der Waals surface area contributed by atoms with Gasteiger partial charge in [0.15, 0.2) is 0 Å². The zero-order valence-corrected chi connectivity index (χ0v) is 19.4. The van der Waals surface area contributed by atoms with E-state index in [-0.39, 0.29) is 30.4 Å². The standard InChI is InChI=1S/C22H39N3O4/c1-9-29-21(28)16(3)12-13-24(7)20(27)18(22(4,5)6)23-19(26)17-11-10-15(2)14-25(17)8/h12,15,17-18H,9-11,13-14H2,1-8H3,(H,23,26)/b16-12+. The summed E-state index contributed by atoms with van der Waals surface area (Å²) in [5.74, 6) is -0.0850. The van der Waals surface area contributed by atoms with E-state index >= 15 is 0 Å². The molecular weight excluding hydrogens is 370 g/mol. The van der Waals surface area contributed by atoms with E-state index in [4.69, 9.17) is 4.74 Å². The number of rotatable bonds is 7. The van der Waals surface area contributed by atoms with Crippen LogP contribution in [-0.2, 0) is 19.1 Å². The molecule has 0 spiro atoms. The molecule has 1 aliphatic rings. The summed E-state index contributed by atoms with van der Waals surface area (Å²) >= 11 is 0. The fraction of sp³-hybridized carbons (Fsp3) is 0.773. The van der Waals surface area contributed by atoms with Crippen LogP contribution >= 0.6 is 0 Å². The minimum Gasteiger partial charge on any atom is -0.463 e. The third kappa shape index (κ3) is 7.46. The molecule has 7 nitrogen and oxygen atoms in total. The van der Waals surface area contributed by atoms with Crippen molar-refractivity contribution in [3.8, 4) is 0 Å². The van der Waals surface area contributed by atoms with Crippen LogP contribution in [0.4, 0.5) is 0 Å². The lowest BCUT2D eigenvalue weighted by Gasteiger charge is -2.38. The van der Waals surface area contributed by atoms with Crippen molar-refractivity contribution in [2.24, 2.45) is 11.3 Å². The average Bonchev–Trinajstić information content (AvgIpc) is 2.62. The van der Waals surface area contributed by atoms with E-state index in [2.05, 4.69) is 17.1 Å². The Hall–Kier alpha value is -1.89. The summed E-state index contributed by atoms with van der Waals surface area (Å²) in [6.07, 6.45) is 3.48. The third-order valence-corrected chi connectivity index (χ3v) is 5.41. The maximum Gasteiger partial charge on any atom is 0.333 e. The van der Waals surface area contributed by atoms with E-state index in [9.17, 15) is 14.4 Å². The van der Waals surface area contributed by atoms with Crippen molar-refractivity contribution < 1.29 is 19.1 Å². The summed E-state index contributed by atoms with van der Waals surface area (Å²) < 4.78 is 4.96. The zero-order valence-electron chi connectivity index (χ0n) is 19.4. The van der Waals surface area contributed by atoms with Crippen molar-refractivity contribution in [2.45, 2.75) is 66.5 Å². The van der Waals surface area contributed by atoms with E-state index in [1.54, 1.807) is 27.0 Å². The second-order valence-electron chi connectivity index (χ2n) is 9.27. The first-order chi connectivity index (χ1) is 13.4. The molecule has 166 valence electrons. The molecule has 1 N–H and O–H groups in total. The first kappa shape index (κ1) is 25.1. The van der Waals surface area contributed by atoms with Gasteiger partial charge in [-0.2, -0.15) is 0 Å². The average molecular weight is 410 g/mol. The topological polar surface area (TPSA) is 79.0 Å². The van der Waals surface area contributed by atoms with Gasteiger partial charge in [-0.05, 0) is 45.1 Å². The highest BCUT2D eigenvalue weighted by molar-refractivity contribution is 5.91. The third-order valence-electron chi connectivity index (χ3n) is 5.41. The van der Waals surface area contributed by atoms with Crippen LogP contribution in [0.5, 0.6) is 0 Å². The quantitative estimate of drug-likeness (QED) is 0.515. The van der Waals surface area contributed by atoms with Crippen molar-refractivity contribution in [3.63, 3.8) is 0 Å². The monoisotopic (exact) mass is 409 g/mol. The predicted octanol–water partition coefficient (Wildman–Crippen LogP) is 2.22. The molecule has 1 rings (SSSR count). The van der Waals surface area contributed by atoms with Gasteiger partial charge in [-0.3, -0.25) is 14.5 Å². The smallest absolute Gasteiger partial charge is 0.333 e. The van der Waals surface area contributed by atoms with E-state index in [0.29, 0.717) is 18.1 Å². The molecule has 0 radical (unpaired) electrons. The number of piperidine rings is 1. The molecule has 1 aliphatic heterocycles. The number of nitrogens with zero attached hydrogens (tertiary/aromatic N) is 2. The maximum absolute atomic E-state index is 13.1. The van der Waals surface area contributed by atoms with Crippen LogP contribution < -0.4 is 5.32 Å². The Kier molecular flexibility index (Phi) is 9.33. The van der Waals surface area contributed by atoms with Crippen molar-refractivity contribution in [1.82, 2.24) is 15.1 Å². The van der Waals surface area contributed by atoms with Gasteiger partial charge in [-0.25, -0.2) is 4.79 Å². The normalized spacial score (nSPS) is 22.0.